The second-order valence-electron chi connectivity index (χ2n) is 7.92. The maximum atomic E-state index is 13.2. The van der Waals surface area contributed by atoms with Crippen LogP contribution in [0.5, 0.6) is 0 Å². The highest BCUT2D eigenvalue weighted by molar-refractivity contribution is 5.93. The normalized spacial score (nSPS) is 17.1. The zero-order chi connectivity index (χ0) is 20.4. The lowest BCUT2D eigenvalue weighted by atomic mass is 10.1. The minimum absolute atomic E-state index is 0.152. The molecule has 2 aromatic carbocycles. The van der Waals surface area contributed by atoms with Gasteiger partial charge in [0.25, 0.3) is 0 Å². The van der Waals surface area contributed by atoms with E-state index in [-0.39, 0.29) is 18.0 Å². The van der Waals surface area contributed by atoms with Gasteiger partial charge in [0.2, 0.25) is 0 Å². The maximum Gasteiger partial charge on any atom is 0.322 e. The van der Waals surface area contributed by atoms with Crippen molar-refractivity contribution in [2.75, 3.05) is 25.0 Å². The lowest BCUT2D eigenvalue weighted by Gasteiger charge is -2.33. The number of nitrogens with zero attached hydrogens (tertiary/aromatic N) is 2. The fourth-order valence-corrected chi connectivity index (χ4v) is 3.75. The fraction of sp³-hybridized carbons (Fsp3) is 0.348. The van der Waals surface area contributed by atoms with Gasteiger partial charge in [-0.15, -0.1) is 0 Å². The largest absolute Gasteiger partial charge is 0.370 e. The molecular weight excluding hydrogens is 369 g/mol. The minimum Gasteiger partial charge on any atom is -0.370 e. The first-order valence-electron chi connectivity index (χ1n) is 10.0. The Morgan fingerprint density at radius 2 is 2.00 bits per heavy atom. The molecular formula is C23H26FN3O2. The van der Waals surface area contributed by atoms with Gasteiger partial charge in [0.15, 0.2) is 0 Å². The van der Waals surface area contributed by atoms with Crippen LogP contribution in [0.25, 0.3) is 10.9 Å². The standard InChI is InChI=1S/C23H26FN3O2/c1-16(2)14-26-10-9-18-13-20(7-8-21(18)26)25-23(28)27-11-12-29-22(15-27)17-3-5-19(24)6-4-17/h3-10,13,16,22H,11-12,14-15H2,1-2H3,(H,25,28). The number of urea groups is 1. The molecule has 1 N–H and O–H groups in total. The Labute approximate surface area is 170 Å². The SMILES string of the molecule is CC(C)Cn1ccc2cc(NC(=O)N3CCOC(c4ccc(F)cc4)C3)ccc21. The van der Waals surface area contributed by atoms with Crippen molar-refractivity contribution in [1.82, 2.24) is 9.47 Å². The van der Waals surface area contributed by atoms with Crippen LogP contribution in [0.4, 0.5) is 14.9 Å². The van der Waals surface area contributed by atoms with Gasteiger partial charge < -0.3 is 19.5 Å². The lowest BCUT2D eigenvalue weighted by Crippen LogP contribution is -2.44. The molecule has 1 aliphatic rings. The summed E-state index contributed by atoms with van der Waals surface area (Å²) >= 11 is 0. The van der Waals surface area contributed by atoms with Gasteiger partial charge in [-0.05, 0) is 47.9 Å². The highest BCUT2D eigenvalue weighted by Gasteiger charge is 2.25. The Morgan fingerprint density at radius 1 is 1.21 bits per heavy atom. The van der Waals surface area contributed by atoms with Gasteiger partial charge in [-0.3, -0.25) is 0 Å². The summed E-state index contributed by atoms with van der Waals surface area (Å²) in [5.74, 6) is 0.289. The van der Waals surface area contributed by atoms with Crippen molar-refractivity contribution in [3.05, 3.63) is 66.1 Å². The van der Waals surface area contributed by atoms with Crippen LogP contribution in [0, 0.1) is 11.7 Å². The number of carbonyl (C=O) groups excluding carboxylic acids is 1. The Balaban J connectivity index is 1.43. The molecule has 5 nitrogen and oxygen atoms in total. The van der Waals surface area contributed by atoms with Gasteiger partial charge in [-0.2, -0.15) is 0 Å². The van der Waals surface area contributed by atoms with Crippen molar-refractivity contribution < 1.29 is 13.9 Å². The summed E-state index contributed by atoms with van der Waals surface area (Å²) in [6, 6.07) is 14.2. The Morgan fingerprint density at radius 3 is 2.76 bits per heavy atom. The summed E-state index contributed by atoms with van der Waals surface area (Å²) < 4.78 is 21.2. The zero-order valence-corrected chi connectivity index (χ0v) is 16.8. The fourth-order valence-electron chi connectivity index (χ4n) is 3.75. The molecule has 1 fully saturated rings. The van der Waals surface area contributed by atoms with Gasteiger partial charge in [0, 0.05) is 35.9 Å². The molecule has 1 aromatic heterocycles. The highest BCUT2D eigenvalue weighted by atomic mass is 19.1. The van der Waals surface area contributed by atoms with Crippen LogP contribution in [-0.4, -0.2) is 35.2 Å². The first-order valence-corrected chi connectivity index (χ1v) is 10.0. The van der Waals surface area contributed by atoms with Gasteiger partial charge in [-0.1, -0.05) is 26.0 Å². The molecule has 152 valence electrons. The Bertz CT molecular complexity index is 997. The molecule has 1 atom stereocenters. The summed E-state index contributed by atoms with van der Waals surface area (Å²) in [4.78, 5) is 14.5. The van der Waals surface area contributed by atoms with E-state index in [0.717, 1.165) is 23.2 Å². The van der Waals surface area contributed by atoms with Crippen molar-refractivity contribution >= 4 is 22.6 Å². The Kier molecular flexibility index (Phi) is 5.53. The van der Waals surface area contributed by atoms with Crippen LogP contribution in [-0.2, 0) is 11.3 Å². The third-order valence-corrected chi connectivity index (χ3v) is 5.18. The smallest absolute Gasteiger partial charge is 0.322 e. The zero-order valence-electron chi connectivity index (χ0n) is 16.8. The van der Waals surface area contributed by atoms with Crippen molar-refractivity contribution in [1.29, 1.82) is 0 Å². The summed E-state index contributed by atoms with van der Waals surface area (Å²) in [5.41, 5.74) is 2.81. The van der Waals surface area contributed by atoms with Crippen LogP contribution in [0.3, 0.4) is 0 Å². The molecule has 0 aliphatic carbocycles. The van der Waals surface area contributed by atoms with Crippen molar-refractivity contribution in [2.24, 2.45) is 5.92 Å². The number of benzene rings is 2. The van der Waals surface area contributed by atoms with Crippen LogP contribution in [0.1, 0.15) is 25.5 Å². The van der Waals surface area contributed by atoms with E-state index in [2.05, 4.69) is 36.0 Å². The van der Waals surface area contributed by atoms with Crippen LogP contribution in [0.15, 0.2) is 54.7 Å². The van der Waals surface area contributed by atoms with Crippen LogP contribution >= 0.6 is 0 Å². The third kappa shape index (κ3) is 4.43. The average Bonchev–Trinajstić information content (AvgIpc) is 3.10. The lowest BCUT2D eigenvalue weighted by molar-refractivity contribution is -0.0135. The Hall–Kier alpha value is -2.86. The molecule has 1 aliphatic heterocycles. The number of nitrogens with one attached hydrogen (secondary N) is 1. The summed E-state index contributed by atoms with van der Waals surface area (Å²) in [6.45, 7) is 6.77. The summed E-state index contributed by atoms with van der Waals surface area (Å²) in [6.07, 6.45) is 1.84. The third-order valence-electron chi connectivity index (χ3n) is 5.18. The molecule has 0 bridgehead atoms. The van der Waals surface area contributed by atoms with Crippen molar-refractivity contribution in [3.8, 4) is 0 Å². The van der Waals surface area contributed by atoms with E-state index in [9.17, 15) is 9.18 Å². The minimum atomic E-state index is -0.281. The van der Waals surface area contributed by atoms with E-state index in [1.165, 1.54) is 17.6 Å². The highest BCUT2D eigenvalue weighted by Crippen LogP contribution is 2.25. The van der Waals surface area contributed by atoms with E-state index < -0.39 is 0 Å². The number of halogens is 1. The summed E-state index contributed by atoms with van der Waals surface area (Å²) in [7, 11) is 0. The summed E-state index contributed by atoms with van der Waals surface area (Å²) in [5, 5.41) is 4.10. The van der Waals surface area contributed by atoms with Crippen molar-refractivity contribution in [2.45, 2.75) is 26.5 Å². The predicted molar refractivity (Wildman–Crippen MR) is 112 cm³/mol. The van der Waals surface area contributed by atoms with E-state index in [1.54, 1.807) is 17.0 Å². The molecule has 2 amide bonds. The van der Waals surface area contributed by atoms with E-state index in [1.807, 2.05) is 18.2 Å². The quantitative estimate of drug-likeness (QED) is 0.673. The molecule has 0 radical (unpaired) electrons. The molecule has 0 spiro atoms. The number of aromatic nitrogens is 1. The second-order valence-corrected chi connectivity index (χ2v) is 7.92. The predicted octanol–water partition coefficient (Wildman–Crippen LogP) is 5.04. The van der Waals surface area contributed by atoms with Crippen LogP contribution in [0.2, 0.25) is 0 Å². The molecule has 1 unspecified atom stereocenters. The van der Waals surface area contributed by atoms with E-state index >= 15 is 0 Å². The number of hydrogen-bond acceptors (Lipinski definition) is 2. The van der Waals surface area contributed by atoms with Crippen molar-refractivity contribution in [3.63, 3.8) is 0 Å². The molecule has 3 aromatic rings. The average molecular weight is 395 g/mol. The second kappa shape index (κ2) is 8.25. The van der Waals surface area contributed by atoms with Crippen LogP contribution < -0.4 is 5.32 Å². The van der Waals surface area contributed by atoms with E-state index in [4.69, 9.17) is 4.74 Å². The van der Waals surface area contributed by atoms with E-state index in [0.29, 0.717) is 25.6 Å². The van der Waals surface area contributed by atoms with Gasteiger partial charge in [-0.25, -0.2) is 9.18 Å². The molecule has 1 saturated heterocycles. The topological polar surface area (TPSA) is 46.5 Å². The number of amides is 2. The number of morpholine rings is 1. The van der Waals surface area contributed by atoms with Gasteiger partial charge in [0.1, 0.15) is 11.9 Å². The first-order chi connectivity index (χ1) is 14.0. The number of rotatable bonds is 4. The number of hydrogen-bond donors (Lipinski definition) is 1. The molecule has 29 heavy (non-hydrogen) atoms. The van der Waals surface area contributed by atoms with Gasteiger partial charge in [0.05, 0.1) is 13.2 Å². The number of fused-ring (bicyclic) bond motifs is 1. The molecule has 2 heterocycles. The number of ether oxygens (including phenoxy) is 1. The number of carbonyl (C=O) groups is 1. The molecule has 6 heteroatoms. The van der Waals surface area contributed by atoms with Gasteiger partial charge >= 0.3 is 6.03 Å². The molecule has 0 saturated carbocycles. The maximum absolute atomic E-state index is 13.2. The number of anilines is 1. The monoisotopic (exact) mass is 395 g/mol. The first kappa shape index (κ1) is 19.5. The molecule has 4 rings (SSSR count).